The number of carbonyl (C=O) groups excluding carboxylic acids is 2. The van der Waals surface area contributed by atoms with Crippen molar-refractivity contribution in [2.45, 2.75) is 153 Å². The second-order valence-electron chi connectivity index (χ2n) is 18.7. The van der Waals surface area contributed by atoms with Crippen LogP contribution in [0.15, 0.2) is 30.3 Å². The van der Waals surface area contributed by atoms with E-state index in [1.54, 1.807) is 0 Å². The summed E-state index contributed by atoms with van der Waals surface area (Å²) in [5.41, 5.74) is 3.76. The second-order valence-corrected chi connectivity index (χ2v) is 26.0. The Bertz CT molecular complexity index is 1350. The predicted octanol–water partition coefficient (Wildman–Crippen LogP) is 12.2. The maximum atomic E-state index is 13.2. The molecule has 2 unspecified atom stereocenters. The van der Waals surface area contributed by atoms with E-state index in [9.17, 15) is 9.59 Å². The quantitative estimate of drug-likeness (QED) is 0.145. The Morgan fingerprint density at radius 3 is 2.25 bits per heavy atom. The number of hydrogen-bond acceptors (Lipinski definition) is 5. The van der Waals surface area contributed by atoms with Gasteiger partial charge in [-0.05, 0) is 134 Å². The lowest BCUT2D eigenvalue weighted by Crippen LogP contribution is -2.55. The fourth-order valence-electron chi connectivity index (χ4n) is 11.2. The van der Waals surface area contributed by atoms with E-state index in [1.165, 1.54) is 57.8 Å². The molecular formula is C41H64Cl3NO5Si. The molecule has 4 fully saturated rings. The molecule has 1 N–H and O–H groups in total. The van der Waals surface area contributed by atoms with E-state index < -0.39 is 36.7 Å². The van der Waals surface area contributed by atoms with Crippen molar-refractivity contribution in [3.05, 3.63) is 35.9 Å². The summed E-state index contributed by atoms with van der Waals surface area (Å²) in [6, 6.07) is 9.62. The van der Waals surface area contributed by atoms with Gasteiger partial charge in [-0.1, -0.05) is 120 Å². The molecule has 4 aliphatic rings. The normalized spacial score (nSPS) is 33.6. The van der Waals surface area contributed by atoms with Crippen LogP contribution in [0.5, 0.6) is 0 Å². The Balaban J connectivity index is 1.16. The Morgan fingerprint density at radius 1 is 0.922 bits per heavy atom. The van der Waals surface area contributed by atoms with Gasteiger partial charge in [-0.2, -0.15) is 0 Å². The Labute approximate surface area is 324 Å². The fraction of sp³-hybridized carbons (Fsp3) is 0.805. The zero-order valence-electron chi connectivity index (χ0n) is 32.4. The van der Waals surface area contributed by atoms with Crippen molar-refractivity contribution in [3.63, 3.8) is 0 Å². The fourth-order valence-corrected chi connectivity index (χ4v) is 12.8. The largest absolute Gasteiger partial charge is 0.443 e. The molecule has 288 valence electrons. The summed E-state index contributed by atoms with van der Waals surface area (Å²) in [7, 11) is -1.76. The summed E-state index contributed by atoms with van der Waals surface area (Å²) < 4.78 is 10.1. The minimum Gasteiger partial charge on any atom is -0.443 e. The van der Waals surface area contributed by atoms with Crippen LogP contribution in [0, 0.1) is 46.3 Å². The summed E-state index contributed by atoms with van der Waals surface area (Å²) in [5, 5.41) is 0.259. The molecule has 51 heavy (non-hydrogen) atoms. The zero-order valence-corrected chi connectivity index (χ0v) is 35.6. The first-order chi connectivity index (χ1) is 23.7. The van der Waals surface area contributed by atoms with E-state index in [-0.39, 0.29) is 5.04 Å². The lowest BCUT2D eigenvalue weighted by atomic mass is 9.44. The highest BCUT2D eigenvalue weighted by molar-refractivity contribution is 6.74. The molecule has 1 amide bonds. The van der Waals surface area contributed by atoms with Crippen molar-refractivity contribution >= 4 is 55.2 Å². The summed E-state index contributed by atoms with van der Waals surface area (Å²) in [5.74, 6) is 3.57. The summed E-state index contributed by atoms with van der Waals surface area (Å²) in [4.78, 5) is 30.4. The minimum atomic E-state index is -1.76. The van der Waals surface area contributed by atoms with Crippen molar-refractivity contribution in [1.82, 2.24) is 5.48 Å². The number of benzene rings is 1. The van der Waals surface area contributed by atoms with E-state index in [0.29, 0.717) is 35.2 Å². The van der Waals surface area contributed by atoms with Gasteiger partial charge in [0.15, 0.2) is 8.32 Å². The van der Waals surface area contributed by atoms with E-state index in [2.05, 4.69) is 60.1 Å². The van der Waals surface area contributed by atoms with Gasteiger partial charge in [0.25, 0.3) is 0 Å². The Hall–Kier alpha value is -0.993. The molecule has 1 aromatic rings. The predicted molar refractivity (Wildman–Crippen MR) is 210 cm³/mol. The van der Waals surface area contributed by atoms with Gasteiger partial charge in [-0.25, -0.2) is 9.59 Å². The molecule has 6 nitrogen and oxygen atoms in total. The number of amides is 1. The summed E-state index contributed by atoms with van der Waals surface area (Å²) in [6.07, 6.45) is 14.1. The van der Waals surface area contributed by atoms with Crippen LogP contribution >= 0.6 is 34.8 Å². The number of rotatable bonds is 10. The molecular weight excluding hydrogens is 721 g/mol. The van der Waals surface area contributed by atoms with Crippen LogP contribution in [0.4, 0.5) is 4.79 Å². The third-order valence-corrected chi connectivity index (χ3v) is 19.7. The minimum absolute atomic E-state index is 0.259. The van der Waals surface area contributed by atoms with Gasteiger partial charge in [-0.15, -0.1) is 5.48 Å². The van der Waals surface area contributed by atoms with Gasteiger partial charge in [0, 0.05) is 6.10 Å². The molecule has 0 aromatic heterocycles. The number of nitrogens with one attached hydrogen (secondary N) is 1. The number of alkyl halides is 3. The number of hydrogen-bond donors (Lipinski definition) is 1. The third kappa shape index (κ3) is 9.28. The molecule has 4 saturated carbocycles. The Kier molecular flexibility index (Phi) is 12.9. The van der Waals surface area contributed by atoms with Gasteiger partial charge < -0.3 is 14.0 Å². The van der Waals surface area contributed by atoms with Crippen LogP contribution in [0.3, 0.4) is 0 Å². The van der Waals surface area contributed by atoms with Crippen molar-refractivity contribution in [1.29, 1.82) is 0 Å². The van der Waals surface area contributed by atoms with Gasteiger partial charge in [-0.3, -0.25) is 0 Å². The molecule has 0 saturated heterocycles. The molecule has 0 spiro atoms. The average molecular weight is 785 g/mol. The number of ether oxygens (including phenoxy) is 1. The highest BCUT2D eigenvalue weighted by Crippen LogP contribution is 2.68. The molecule has 10 atom stereocenters. The molecule has 0 bridgehead atoms. The topological polar surface area (TPSA) is 73.9 Å². The van der Waals surface area contributed by atoms with Gasteiger partial charge in [0.1, 0.15) is 6.61 Å². The molecule has 1 aromatic carbocycles. The molecule has 5 rings (SSSR count). The lowest BCUT2D eigenvalue weighted by molar-refractivity contribution is -0.152. The smallest absolute Gasteiger partial charge is 0.440 e. The van der Waals surface area contributed by atoms with E-state index in [1.807, 2.05) is 30.3 Å². The summed E-state index contributed by atoms with van der Waals surface area (Å²) in [6.45, 7) is 19.2. The van der Waals surface area contributed by atoms with Crippen LogP contribution in [0.25, 0.3) is 0 Å². The molecule has 0 radical (unpaired) electrons. The lowest BCUT2D eigenvalue weighted by Gasteiger charge is -2.61. The first-order valence-electron chi connectivity index (χ1n) is 19.7. The number of halogens is 3. The third-order valence-electron chi connectivity index (χ3n) is 14.9. The van der Waals surface area contributed by atoms with Crippen LogP contribution in [0.2, 0.25) is 18.1 Å². The first-order valence-corrected chi connectivity index (χ1v) is 23.7. The van der Waals surface area contributed by atoms with Crippen LogP contribution in [-0.2, 0) is 18.8 Å². The monoisotopic (exact) mass is 783 g/mol. The zero-order chi connectivity index (χ0) is 37.4. The molecule has 0 aliphatic heterocycles. The van der Waals surface area contributed by atoms with Crippen molar-refractivity contribution < 1.29 is 23.6 Å². The standard InChI is InChI=1S/C41H64Cl3NO5Si/c1-27(13-12-16-31(28-14-10-9-11-15-28)36(46)49-45-37(47)48-26-41(42,43)44)33-19-20-34-32-18-17-29-25-30(50-51(7,8)38(2,3)4)21-23-39(29,5)35(32)22-24-40(33,34)6/h9-11,14-15,27,29-35H,12-13,16-26H2,1-8H3,(H,45,47)/t27-,29?,30-,31?,32+,33-,34+,35+,39+,40-/m1/s1. The van der Waals surface area contributed by atoms with Crippen LogP contribution < -0.4 is 5.48 Å². The highest BCUT2D eigenvalue weighted by atomic mass is 35.6. The highest BCUT2D eigenvalue weighted by Gasteiger charge is 2.61. The average Bonchev–Trinajstić information content (AvgIpc) is 3.41. The number of fused-ring (bicyclic) bond motifs is 5. The molecule has 0 heterocycles. The maximum Gasteiger partial charge on any atom is 0.440 e. The first kappa shape index (κ1) is 41.2. The van der Waals surface area contributed by atoms with Crippen LogP contribution in [-0.4, -0.2) is 36.9 Å². The maximum absolute atomic E-state index is 13.2. The number of carbonyl (C=O) groups is 2. The number of hydroxylamine groups is 1. The van der Waals surface area contributed by atoms with Gasteiger partial charge >= 0.3 is 12.1 Å². The molecule has 4 aliphatic carbocycles. The van der Waals surface area contributed by atoms with Gasteiger partial charge in [0.2, 0.25) is 3.79 Å². The van der Waals surface area contributed by atoms with Gasteiger partial charge in [0.05, 0.1) is 5.92 Å². The SMILES string of the molecule is C[C@H](CCCC(C(=O)ONC(=O)OCC(Cl)(Cl)Cl)c1ccccc1)[C@H]1CC[C@H]2[C@@H]3CCC4C[C@H](O[Si](C)(C)C(C)(C)C)CC[C@]4(C)[C@H]3CC[C@]12C. The molecule has 10 heteroatoms. The summed E-state index contributed by atoms with van der Waals surface area (Å²) >= 11 is 17.0. The second kappa shape index (κ2) is 16.0. The van der Waals surface area contributed by atoms with Crippen molar-refractivity contribution in [3.8, 4) is 0 Å². The van der Waals surface area contributed by atoms with E-state index >= 15 is 0 Å². The Morgan fingerprint density at radius 2 is 1.59 bits per heavy atom. The van der Waals surface area contributed by atoms with Crippen molar-refractivity contribution in [2.24, 2.45) is 46.3 Å². The van der Waals surface area contributed by atoms with E-state index in [4.69, 9.17) is 48.8 Å². The van der Waals surface area contributed by atoms with E-state index in [0.717, 1.165) is 42.1 Å². The van der Waals surface area contributed by atoms with Crippen LogP contribution in [0.1, 0.15) is 130 Å². The van der Waals surface area contributed by atoms with Crippen molar-refractivity contribution in [2.75, 3.05) is 6.61 Å².